The molecule has 2 amide bonds. The van der Waals surface area contributed by atoms with Gasteiger partial charge in [0.2, 0.25) is 5.95 Å². The summed E-state index contributed by atoms with van der Waals surface area (Å²) in [6, 6.07) is 10.0. The number of carbonyl (C=O) groups excluding carboxylic acids is 2. The second-order valence-electron chi connectivity index (χ2n) is 6.26. The first kappa shape index (κ1) is 21.2. The summed E-state index contributed by atoms with van der Waals surface area (Å²) < 4.78 is 0. The lowest BCUT2D eigenvalue weighted by atomic mass is 10.2. The van der Waals surface area contributed by atoms with Crippen molar-refractivity contribution < 1.29 is 9.59 Å². The molecule has 3 rings (SSSR count). The number of hydrogen-bond acceptors (Lipinski definition) is 6. The molecule has 1 aromatic carbocycles. The van der Waals surface area contributed by atoms with Gasteiger partial charge in [0.1, 0.15) is 0 Å². The topological polar surface area (TPSA) is 100 Å². The standard InChI is InChI=1S/C21H21ClN6O2/c1-3-28(4-2)21-24-13-17(22)18(27-21)20(30)26-16-7-5-6-15(12-16)25-19(29)14-8-10-23-11-9-14/h5-13H,3-4H2,1-2H3,(H,25,29)(H,26,30). The fraction of sp³-hybridized carbons (Fsp3) is 0.190. The third-order valence-electron chi connectivity index (χ3n) is 4.31. The van der Waals surface area contributed by atoms with E-state index in [2.05, 4.69) is 25.6 Å². The van der Waals surface area contributed by atoms with Crippen LogP contribution < -0.4 is 15.5 Å². The molecule has 0 saturated heterocycles. The fourth-order valence-corrected chi connectivity index (χ4v) is 2.92. The predicted octanol–water partition coefficient (Wildman–Crippen LogP) is 3.88. The van der Waals surface area contributed by atoms with Gasteiger partial charge in [-0.25, -0.2) is 9.97 Å². The Morgan fingerprint density at radius 1 is 1.00 bits per heavy atom. The number of rotatable bonds is 7. The van der Waals surface area contributed by atoms with Gasteiger partial charge in [0.25, 0.3) is 11.8 Å². The average Bonchev–Trinajstić information content (AvgIpc) is 2.76. The Labute approximate surface area is 179 Å². The second-order valence-corrected chi connectivity index (χ2v) is 6.67. The van der Waals surface area contributed by atoms with Crippen molar-refractivity contribution in [1.29, 1.82) is 0 Å². The van der Waals surface area contributed by atoms with E-state index in [0.29, 0.717) is 36.0 Å². The van der Waals surface area contributed by atoms with Gasteiger partial charge >= 0.3 is 0 Å². The van der Waals surface area contributed by atoms with E-state index in [9.17, 15) is 9.59 Å². The molecule has 0 aliphatic carbocycles. The van der Waals surface area contributed by atoms with Gasteiger partial charge in [-0.15, -0.1) is 0 Å². The Morgan fingerprint density at radius 3 is 2.27 bits per heavy atom. The fourth-order valence-electron chi connectivity index (χ4n) is 2.75. The Hall–Kier alpha value is -3.52. The van der Waals surface area contributed by atoms with Crippen LogP contribution in [0.5, 0.6) is 0 Å². The second kappa shape index (κ2) is 9.80. The van der Waals surface area contributed by atoms with Crippen LogP contribution in [0.15, 0.2) is 55.0 Å². The summed E-state index contributed by atoms with van der Waals surface area (Å²) in [4.78, 5) is 39.4. The van der Waals surface area contributed by atoms with E-state index >= 15 is 0 Å². The highest BCUT2D eigenvalue weighted by atomic mass is 35.5. The molecule has 9 heteroatoms. The summed E-state index contributed by atoms with van der Waals surface area (Å²) >= 11 is 6.15. The third kappa shape index (κ3) is 5.09. The zero-order chi connectivity index (χ0) is 21.5. The molecule has 3 aromatic rings. The molecule has 0 atom stereocenters. The van der Waals surface area contributed by atoms with Crippen LogP contribution in [0.25, 0.3) is 0 Å². The Balaban J connectivity index is 1.75. The molecule has 0 bridgehead atoms. The summed E-state index contributed by atoms with van der Waals surface area (Å²) in [6.45, 7) is 5.37. The normalized spacial score (nSPS) is 10.4. The minimum atomic E-state index is -0.464. The molecule has 0 unspecified atom stereocenters. The van der Waals surface area contributed by atoms with E-state index in [4.69, 9.17) is 11.6 Å². The van der Waals surface area contributed by atoms with Crippen molar-refractivity contribution in [2.45, 2.75) is 13.8 Å². The number of carbonyl (C=O) groups is 2. The van der Waals surface area contributed by atoms with Gasteiger partial charge in [-0.2, -0.15) is 0 Å². The van der Waals surface area contributed by atoms with Crippen LogP contribution in [-0.2, 0) is 0 Å². The summed E-state index contributed by atoms with van der Waals surface area (Å²) in [6.07, 6.45) is 4.51. The van der Waals surface area contributed by atoms with Crippen LogP contribution >= 0.6 is 11.6 Å². The molecular weight excluding hydrogens is 404 g/mol. The van der Waals surface area contributed by atoms with Crippen LogP contribution in [0.1, 0.15) is 34.7 Å². The minimum absolute atomic E-state index is 0.0831. The molecule has 8 nitrogen and oxygen atoms in total. The minimum Gasteiger partial charge on any atom is -0.341 e. The lowest BCUT2D eigenvalue weighted by molar-refractivity contribution is 0.101. The average molecular weight is 425 g/mol. The molecule has 0 spiro atoms. The maximum Gasteiger partial charge on any atom is 0.276 e. The van der Waals surface area contributed by atoms with E-state index in [0.717, 1.165) is 0 Å². The number of anilines is 3. The maximum absolute atomic E-state index is 12.7. The molecule has 30 heavy (non-hydrogen) atoms. The van der Waals surface area contributed by atoms with Gasteiger partial charge in [-0.3, -0.25) is 14.6 Å². The summed E-state index contributed by atoms with van der Waals surface area (Å²) in [5, 5.41) is 5.70. The van der Waals surface area contributed by atoms with Crippen molar-refractivity contribution in [2.75, 3.05) is 28.6 Å². The molecule has 0 fully saturated rings. The molecule has 0 saturated carbocycles. The lowest BCUT2D eigenvalue weighted by Crippen LogP contribution is -2.25. The molecule has 2 aromatic heterocycles. The van der Waals surface area contributed by atoms with Crippen LogP contribution in [0.3, 0.4) is 0 Å². The van der Waals surface area contributed by atoms with Crippen molar-refractivity contribution >= 4 is 40.7 Å². The number of amides is 2. The van der Waals surface area contributed by atoms with Crippen LogP contribution in [0, 0.1) is 0 Å². The van der Waals surface area contributed by atoms with Crippen molar-refractivity contribution in [1.82, 2.24) is 15.0 Å². The highest BCUT2D eigenvalue weighted by molar-refractivity contribution is 6.34. The summed E-state index contributed by atoms with van der Waals surface area (Å²) in [5.41, 5.74) is 1.59. The molecule has 0 aliphatic rings. The van der Waals surface area contributed by atoms with E-state index in [1.165, 1.54) is 6.20 Å². The molecule has 2 heterocycles. The van der Waals surface area contributed by atoms with Crippen molar-refractivity contribution in [3.05, 3.63) is 71.3 Å². The van der Waals surface area contributed by atoms with Crippen molar-refractivity contribution in [2.24, 2.45) is 0 Å². The third-order valence-corrected chi connectivity index (χ3v) is 4.59. The first-order valence-electron chi connectivity index (χ1n) is 9.42. The van der Waals surface area contributed by atoms with Gasteiger partial charge in [0, 0.05) is 42.4 Å². The monoisotopic (exact) mass is 424 g/mol. The first-order valence-corrected chi connectivity index (χ1v) is 9.79. The van der Waals surface area contributed by atoms with Crippen molar-refractivity contribution in [3.8, 4) is 0 Å². The highest BCUT2D eigenvalue weighted by Gasteiger charge is 2.17. The van der Waals surface area contributed by atoms with E-state index in [1.54, 1.807) is 48.8 Å². The van der Waals surface area contributed by atoms with E-state index in [-0.39, 0.29) is 16.6 Å². The van der Waals surface area contributed by atoms with Crippen LogP contribution in [-0.4, -0.2) is 39.9 Å². The van der Waals surface area contributed by atoms with Crippen molar-refractivity contribution in [3.63, 3.8) is 0 Å². The smallest absolute Gasteiger partial charge is 0.276 e. The molecular formula is C21H21ClN6O2. The number of benzene rings is 1. The number of nitrogens with zero attached hydrogens (tertiary/aromatic N) is 4. The van der Waals surface area contributed by atoms with Crippen LogP contribution in [0.4, 0.5) is 17.3 Å². The quantitative estimate of drug-likeness (QED) is 0.597. The van der Waals surface area contributed by atoms with Gasteiger partial charge in [0.15, 0.2) is 5.69 Å². The van der Waals surface area contributed by atoms with Gasteiger partial charge in [-0.1, -0.05) is 17.7 Å². The summed E-state index contributed by atoms with van der Waals surface area (Å²) in [5.74, 6) is -0.301. The van der Waals surface area contributed by atoms with Gasteiger partial charge in [0.05, 0.1) is 11.2 Å². The zero-order valence-corrected chi connectivity index (χ0v) is 17.3. The first-order chi connectivity index (χ1) is 14.5. The molecule has 154 valence electrons. The Bertz CT molecular complexity index is 1040. The Kier molecular flexibility index (Phi) is 6.92. The molecule has 2 N–H and O–H groups in total. The van der Waals surface area contributed by atoms with E-state index in [1.807, 2.05) is 18.7 Å². The lowest BCUT2D eigenvalue weighted by Gasteiger charge is -2.19. The number of pyridine rings is 1. The number of nitrogens with one attached hydrogen (secondary N) is 2. The van der Waals surface area contributed by atoms with Gasteiger partial charge < -0.3 is 15.5 Å². The highest BCUT2D eigenvalue weighted by Crippen LogP contribution is 2.20. The summed E-state index contributed by atoms with van der Waals surface area (Å²) in [7, 11) is 0. The maximum atomic E-state index is 12.7. The number of aromatic nitrogens is 3. The predicted molar refractivity (Wildman–Crippen MR) is 117 cm³/mol. The number of halogens is 1. The molecule has 0 aliphatic heterocycles. The number of hydrogen-bond donors (Lipinski definition) is 2. The van der Waals surface area contributed by atoms with E-state index < -0.39 is 5.91 Å². The zero-order valence-electron chi connectivity index (χ0n) is 16.6. The largest absolute Gasteiger partial charge is 0.341 e. The SMILES string of the molecule is CCN(CC)c1ncc(Cl)c(C(=O)Nc2cccc(NC(=O)c3ccncc3)c2)n1. The Morgan fingerprint density at radius 2 is 1.63 bits per heavy atom. The van der Waals surface area contributed by atoms with Crippen LogP contribution in [0.2, 0.25) is 5.02 Å². The van der Waals surface area contributed by atoms with Gasteiger partial charge in [-0.05, 0) is 44.2 Å². The molecule has 0 radical (unpaired) electrons.